The van der Waals surface area contributed by atoms with Crippen LogP contribution in [0.1, 0.15) is 24.2 Å². The largest absolute Gasteiger partial charge is 0.462 e. The number of hydrogen-bond acceptors (Lipinski definition) is 7. The Morgan fingerprint density at radius 3 is 2.65 bits per heavy atom. The van der Waals surface area contributed by atoms with Gasteiger partial charge in [-0.3, -0.25) is 4.79 Å². The van der Waals surface area contributed by atoms with Gasteiger partial charge in [-0.25, -0.2) is 14.8 Å². The van der Waals surface area contributed by atoms with Crippen LogP contribution in [0.15, 0.2) is 11.7 Å². The van der Waals surface area contributed by atoms with Crippen molar-refractivity contribution in [1.82, 2.24) is 14.9 Å². The predicted octanol–water partition coefficient (Wildman–Crippen LogP) is 1.54. The Labute approximate surface area is 137 Å². The fraction of sp³-hybridized carbons (Fsp3) is 0.467. The van der Waals surface area contributed by atoms with E-state index < -0.39 is 0 Å². The van der Waals surface area contributed by atoms with E-state index in [4.69, 9.17) is 4.74 Å². The smallest absolute Gasteiger partial charge is 0.339 e. The van der Waals surface area contributed by atoms with Gasteiger partial charge in [0.25, 0.3) is 0 Å². The summed E-state index contributed by atoms with van der Waals surface area (Å²) < 4.78 is 5.13. The van der Waals surface area contributed by atoms with Crippen LogP contribution in [0.4, 0.5) is 5.82 Å². The van der Waals surface area contributed by atoms with Crippen molar-refractivity contribution < 1.29 is 14.3 Å². The van der Waals surface area contributed by atoms with E-state index in [1.165, 1.54) is 17.7 Å². The van der Waals surface area contributed by atoms with Crippen LogP contribution in [0, 0.1) is 0 Å². The molecular formula is C15H18N4O3S. The molecule has 0 unspecified atom stereocenters. The topological polar surface area (TPSA) is 75.6 Å². The summed E-state index contributed by atoms with van der Waals surface area (Å²) in [5.74, 6) is 0.472. The highest BCUT2D eigenvalue weighted by atomic mass is 32.1. The van der Waals surface area contributed by atoms with Crippen molar-refractivity contribution in [3.8, 4) is 0 Å². The van der Waals surface area contributed by atoms with Crippen LogP contribution >= 0.6 is 11.3 Å². The highest BCUT2D eigenvalue weighted by molar-refractivity contribution is 7.17. The van der Waals surface area contributed by atoms with Crippen LogP contribution in [0.25, 0.3) is 10.2 Å². The predicted molar refractivity (Wildman–Crippen MR) is 87.8 cm³/mol. The Kier molecular flexibility index (Phi) is 4.42. The van der Waals surface area contributed by atoms with Crippen LogP contribution in [0.3, 0.4) is 0 Å². The highest BCUT2D eigenvalue weighted by Crippen LogP contribution is 2.32. The monoisotopic (exact) mass is 334 g/mol. The minimum Gasteiger partial charge on any atom is -0.462 e. The fourth-order valence-electron chi connectivity index (χ4n) is 2.69. The summed E-state index contributed by atoms with van der Waals surface area (Å²) in [6, 6.07) is 0. The lowest BCUT2D eigenvalue weighted by atomic mass is 10.2. The third kappa shape index (κ3) is 2.98. The second kappa shape index (κ2) is 6.49. The summed E-state index contributed by atoms with van der Waals surface area (Å²) >= 11 is 1.41. The number of ether oxygens (including phenoxy) is 1. The molecule has 1 fully saturated rings. The summed E-state index contributed by atoms with van der Waals surface area (Å²) in [6.07, 6.45) is 1.51. The number of thiophene rings is 1. The molecule has 0 aromatic carbocycles. The molecule has 1 amide bonds. The molecule has 0 saturated carbocycles. The average Bonchev–Trinajstić information content (AvgIpc) is 2.99. The number of fused-ring (bicyclic) bond motifs is 1. The van der Waals surface area contributed by atoms with Gasteiger partial charge in [0.2, 0.25) is 5.91 Å². The number of nitrogens with zero attached hydrogens (tertiary/aromatic N) is 4. The second-order valence-corrected chi connectivity index (χ2v) is 6.10. The number of anilines is 1. The van der Waals surface area contributed by atoms with Crippen LogP contribution in [0.5, 0.6) is 0 Å². The number of esters is 1. The zero-order chi connectivity index (χ0) is 16.4. The van der Waals surface area contributed by atoms with Crippen molar-refractivity contribution >= 4 is 39.2 Å². The van der Waals surface area contributed by atoms with Gasteiger partial charge in [0.15, 0.2) is 0 Å². The Morgan fingerprint density at radius 1 is 1.26 bits per heavy atom. The lowest BCUT2D eigenvalue weighted by Gasteiger charge is -2.35. The van der Waals surface area contributed by atoms with Crippen molar-refractivity contribution in [1.29, 1.82) is 0 Å². The molecule has 0 aliphatic carbocycles. The average molecular weight is 334 g/mol. The molecule has 122 valence electrons. The van der Waals surface area contributed by atoms with Crippen LogP contribution < -0.4 is 4.90 Å². The SMILES string of the molecule is CCOC(=O)c1csc2ncnc(N3CCN(C(C)=O)CC3)c12. The number of carbonyl (C=O) groups is 2. The maximum absolute atomic E-state index is 12.2. The molecule has 0 spiro atoms. The molecule has 0 N–H and O–H groups in total. The van der Waals surface area contributed by atoms with Crippen LogP contribution in [-0.2, 0) is 9.53 Å². The first-order valence-electron chi connectivity index (χ1n) is 7.51. The van der Waals surface area contributed by atoms with Gasteiger partial charge in [0.1, 0.15) is 17.0 Å². The van der Waals surface area contributed by atoms with E-state index in [1.54, 1.807) is 19.2 Å². The number of rotatable bonds is 3. The molecule has 1 saturated heterocycles. The lowest BCUT2D eigenvalue weighted by Crippen LogP contribution is -2.48. The van der Waals surface area contributed by atoms with E-state index in [-0.39, 0.29) is 11.9 Å². The molecule has 0 bridgehead atoms. The molecule has 2 aromatic heterocycles. The van der Waals surface area contributed by atoms with Gasteiger partial charge in [-0.05, 0) is 6.92 Å². The number of hydrogen-bond donors (Lipinski definition) is 0. The van der Waals surface area contributed by atoms with Gasteiger partial charge < -0.3 is 14.5 Å². The highest BCUT2D eigenvalue weighted by Gasteiger charge is 2.25. The van der Waals surface area contributed by atoms with E-state index in [1.807, 2.05) is 4.90 Å². The van der Waals surface area contributed by atoms with Gasteiger partial charge in [-0.15, -0.1) is 11.3 Å². The first-order valence-corrected chi connectivity index (χ1v) is 8.39. The Morgan fingerprint density at radius 2 is 2.00 bits per heavy atom. The summed E-state index contributed by atoms with van der Waals surface area (Å²) in [5, 5.41) is 2.51. The van der Waals surface area contributed by atoms with Crippen LogP contribution in [0.2, 0.25) is 0 Å². The summed E-state index contributed by atoms with van der Waals surface area (Å²) in [6.45, 7) is 6.37. The number of amides is 1. The molecule has 7 nitrogen and oxygen atoms in total. The van der Waals surface area contributed by atoms with Crippen molar-refractivity contribution in [3.63, 3.8) is 0 Å². The van der Waals surface area contributed by atoms with Crippen molar-refractivity contribution in [3.05, 3.63) is 17.3 Å². The minimum absolute atomic E-state index is 0.0835. The Bertz CT molecular complexity index is 737. The Hall–Kier alpha value is -2.22. The van der Waals surface area contributed by atoms with Gasteiger partial charge in [0, 0.05) is 38.5 Å². The van der Waals surface area contributed by atoms with Gasteiger partial charge >= 0.3 is 5.97 Å². The lowest BCUT2D eigenvalue weighted by molar-refractivity contribution is -0.129. The molecule has 0 atom stereocenters. The van der Waals surface area contributed by atoms with E-state index in [0.717, 1.165) is 16.0 Å². The van der Waals surface area contributed by atoms with Crippen molar-refractivity contribution in [2.45, 2.75) is 13.8 Å². The molecule has 3 heterocycles. The van der Waals surface area contributed by atoms with Crippen LogP contribution in [-0.4, -0.2) is 59.5 Å². The standard InChI is InChI=1S/C15H18N4O3S/c1-3-22-15(21)11-8-23-14-12(11)13(16-9-17-14)19-6-4-18(5-7-19)10(2)20/h8-9H,3-7H2,1-2H3. The first kappa shape index (κ1) is 15.7. The summed E-state index contributed by atoms with van der Waals surface area (Å²) in [7, 11) is 0. The number of aromatic nitrogens is 2. The zero-order valence-electron chi connectivity index (χ0n) is 13.1. The van der Waals surface area contributed by atoms with Gasteiger partial charge in [0.05, 0.1) is 17.6 Å². The first-order chi connectivity index (χ1) is 11.1. The maximum atomic E-state index is 12.2. The molecule has 2 aromatic rings. The summed E-state index contributed by atoms with van der Waals surface area (Å²) in [5.41, 5.74) is 0.511. The van der Waals surface area contributed by atoms with E-state index in [0.29, 0.717) is 38.3 Å². The third-order valence-corrected chi connectivity index (χ3v) is 4.76. The molecular weight excluding hydrogens is 316 g/mol. The van der Waals surface area contributed by atoms with E-state index in [2.05, 4.69) is 14.9 Å². The molecule has 0 radical (unpaired) electrons. The van der Waals surface area contributed by atoms with Gasteiger partial charge in [-0.2, -0.15) is 0 Å². The third-order valence-electron chi connectivity index (χ3n) is 3.87. The maximum Gasteiger partial charge on any atom is 0.339 e. The second-order valence-electron chi connectivity index (χ2n) is 5.24. The number of carbonyl (C=O) groups excluding carboxylic acids is 2. The van der Waals surface area contributed by atoms with E-state index >= 15 is 0 Å². The normalized spacial score (nSPS) is 15.0. The molecule has 1 aliphatic heterocycles. The minimum atomic E-state index is -0.350. The van der Waals surface area contributed by atoms with Gasteiger partial charge in [-0.1, -0.05) is 0 Å². The van der Waals surface area contributed by atoms with Crippen molar-refractivity contribution in [2.24, 2.45) is 0 Å². The fourth-order valence-corrected chi connectivity index (χ4v) is 3.56. The van der Waals surface area contributed by atoms with E-state index in [9.17, 15) is 9.59 Å². The molecule has 8 heteroatoms. The Balaban J connectivity index is 1.93. The summed E-state index contributed by atoms with van der Waals surface area (Å²) in [4.78, 5) is 36.9. The molecule has 23 heavy (non-hydrogen) atoms. The number of piperazine rings is 1. The zero-order valence-corrected chi connectivity index (χ0v) is 13.9. The van der Waals surface area contributed by atoms with Crippen molar-refractivity contribution in [2.75, 3.05) is 37.7 Å². The molecule has 1 aliphatic rings. The molecule has 3 rings (SSSR count). The quantitative estimate of drug-likeness (QED) is 0.793.